The molecule has 0 spiro atoms. The van der Waals surface area contributed by atoms with Crippen LogP contribution in [0, 0.1) is 13.8 Å². The summed E-state index contributed by atoms with van der Waals surface area (Å²) in [5.41, 5.74) is 2.08. The average Bonchev–Trinajstić information content (AvgIpc) is 2.79. The van der Waals surface area contributed by atoms with Crippen LogP contribution in [0.4, 0.5) is 0 Å². The number of carbonyl (C=O) groups is 1. The molecule has 0 amide bonds. The second kappa shape index (κ2) is 5.67. The van der Waals surface area contributed by atoms with Crippen LogP contribution in [0.25, 0.3) is 11.5 Å². The Balaban J connectivity index is 2.25. The van der Waals surface area contributed by atoms with Gasteiger partial charge in [0.25, 0.3) is 0 Å². The van der Waals surface area contributed by atoms with E-state index in [1.54, 1.807) is 6.92 Å². The molecular weight excluding hydrogens is 246 g/mol. The molecule has 0 aliphatic rings. The fourth-order valence-corrected chi connectivity index (χ4v) is 1.61. The van der Waals surface area contributed by atoms with Crippen molar-refractivity contribution >= 4 is 5.97 Å². The Morgan fingerprint density at radius 2 is 2.00 bits per heavy atom. The molecule has 0 aliphatic carbocycles. The Morgan fingerprint density at radius 3 is 2.63 bits per heavy atom. The fourth-order valence-electron chi connectivity index (χ4n) is 1.61. The third kappa shape index (κ3) is 3.00. The minimum Gasteiger partial charge on any atom is -0.458 e. The van der Waals surface area contributed by atoms with E-state index in [-0.39, 0.29) is 18.9 Å². The summed E-state index contributed by atoms with van der Waals surface area (Å²) in [4.78, 5) is 15.8. The van der Waals surface area contributed by atoms with E-state index in [2.05, 4.69) is 4.98 Å². The molecule has 1 N–H and O–H groups in total. The number of ether oxygens (including phenoxy) is 1. The summed E-state index contributed by atoms with van der Waals surface area (Å²) in [5, 5.41) is 8.62. The number of nitrogens with zero attached hydrogens (tertiary/aromatic N) is 1. The molecule has 1 heterocycles. The SMILES string of the molecule is Cc1ccc(-c2nc(C(=O)OCCO)c(C)o2)cc1. The normalized spacial score (nSPS) is 10.5. The fraction of sp³-hybridized carbons (Fsp3) is 0.286. The largest absolute Gasteiger partial charge is 0.458 e. The maximum atomic E-state index is 11.7. The van der Waals surface area contributed by atoms with Gasteiger partial charge in [-0.1, -0.05) is 17.7 Å². The van der Waals surface area contributed by atoms with Gasteiger partial charge in [-0.3, -0.25) is 0 Å². The number of esters is 1. The van der Waals surface area contributed by atoms with Crippen molar-refractivity contribution < 1.29 is 19.1 Å². The Hall–Kier alpha value is -2.14. The second-order valence-corrected chi connectivity index (χ2v) is 4.15. The van der Waals surface area contributed by atoms with Crippen molar-refractivity contribution in [2.75, 3.05) is 13.2 Å². The minimum absolute atomic E-state index is 0.0506. The van der Waals surface area contributed by atoms with E-state index in [0.717, 1.165) is 11.1 Å². The number of aromatic nitrogens is 1. The third-order valence-electron chi connectivity index (χ3n) is 2.61. The zero-order valence-corrected chi connectivity index (χ0v) is 10.8. The smallest absolute Gasteiger partial charge is 0.360 e. The molecule has 2 aromatic rings. The number of aryl methyl sites for hydroxylation is 2. The zero-order chi connectivity index (χ0) is 13.8. The van der Waals surface area contributed by atoms with Gasteiger partial charge in [-0.2, -0.15) is 0 Å². The maximum absolute atomic E-state index is 11.7. The average molecular weight is 261 g/mol. The van der Waals surface area contributed by atoms with Crippen LogP contribution >= 0.6 is 0 Å². The predicted molar refractivity (Wildman–Crippen MR) is 68.8 cm³/mol. The molecule has 0 bridgehead atoms. The minimum atomic E-state index is -0.589. The number of hydrogen-bond donors (Lipinski definition) is 1. The van der Waals surface area contributed by atoms with Crippen LogP contribution in [0.3, 0.4) is 0 Å². The van der Waals surface area contributed by atoms with Gasteiger partial charge in [0.05, 0.1) is 6.61 Å². The van der Waals surface area contributed by atoms with Gasteiger partial charge in [0, 0.05) is 5.56 Å². The number of rotatable bonds is 4. The number of aliphatic hydroxyl groups excluding tert-OH is 1. The molecule has 1 aromatic heterocycles. The van der Waals surface area contributed by atoms with Gasteiger partial charge >= 0.3 is 5.97 Å². The summed E-state index contributed by atoms with van der Waals surface area (Å²) in [6.07, 6.45) is 0. The molecule has 0 saturated carbocycles. The number of carbonyl (C=O) groups excluding carboxylic acids is 1. The maximum Gasteiger partial charge on any atom is 0.360 e. The van der Waals surface area contributed by atoms with Crippen LogP contribution in [0.5, 0.6) is 0 Å². The molecule has 0 saturated heterocycles. The van der Waals surface area contributed by atoms with Crippen molar-refractivity contribution in [2.45, 2.75) is 13.8 Å². The molecule has 19 heavy (non-hydrogen) atoms. The van der Waals surface area contributed by atoms with Crippen LogP contribution in [0.1, 0.15) is 21.8 Å². The highest BCUT2D eigenvalue weighted by Gasteiger charge is 2.19. The van der Waals surface area contributed by atoms with Crippen molar-refractivity contribution in [1.82, 2.24) is 4.98 Å². The predicted octanol–water partition coefficient (Wildman–Crippen LogP) is 2.11. The first-order chi connectivity index (χ1) is 9.11. The molecule has 100 valence electrons. The lowest BCUT2D eigenvalue weighted by atomic mass is 10.1. The van der Waals surface area contributed by atoms with E-state index >= 15 is 0 Å². The first kappa shape index (κ1) is 13.3. The van der Waals surface area contributed by atoms with Gasteiger partial charge in [0.2, 0.25) is 5.89 Å². The summed E-state index contributed by atoms with van der Waals surface area (Å²) in [6, 6.07) is 7.64. The molecule has 0 atom stereocenters. The Morgan fingerprint density at radius 1 is 1.32 bits per heavy atom. The third-order valence-corrected chi connectivity index (χ3v) is 2.61. The lowest BCUT2D eigenvalue weighted by Crippen LogP contribution is -2.10. The second-order valence-electron chi connectivity index (χ2n) is 4.15. The van der Waals surface area contributed by atoms with Crippen LogP contribution in [-0.4, -0.2) is 29.3 Å². The summed E-state index contributed by atoms with van der Waals surface area (Å²) in [5.74, 6) is 0.195. The van der Waals surface area contributed by atoms with Crippen molar-refractivity contribution in [3.8, 4) is 11.5 Å². The van der Waals surface area contributed by atoms with Crippen molar-refractivity contribution in [3.05, 3.63) is 41.3 Å². The van der Waals surface area contributed by atoms with Crippen LogP contribution in [-0.2, 0) is 4.74 Å². The van der Waals surface area contributed by atoms with Crippen LogP contribution in [0.2, 0.25) is 0 Å². The Kier molecular flexibility index (Phi) is 3.97. The number of benzene rings is 1. The highest BCUT2D eigenvalue weighted by molar-refractivity contribution is 5.88. The van der Waals surface area contributed by atoms with E-state index in [4.69, 9.17) is 14.3 Å². The molecule has 2 rings (SSSR count). The summed E-state index contributed by atoms with van der Waals surface area (Å²) >= 11 is 0. The standard InChI is InChI=1S/C14H15NO4/c1-9-3-5-11(6-4-9)13-15-12(10(2)19-13)14(17)18-8-7-16/h3-6,16H,7-8H2,1-2H3. The quantitative estimate of drug-likeness (QED) is 0.853. The summed E-state index contributed by atoms with van der Waals surface area (Å²) in [7, 11) is 0. The Labute approximate surface area is 110 Å². The van der Waals surface area contributed by atoms with Gasteiger partial charge in [0.15, 0.2) is 5.69 Å². The van der Waals surface area contributed by atoms with Gasteiger partial charge in [-0.25, -0.2) is 9.78 Å². The molecule has 0 aliphatic heterocycles. The van der Waals surface area contributed by atoms with Gasteiger partial charge in [-0.15, -0.1) is 0 Å². The lowest BCUT2D eigenvalue weighted by Gasteiger charge is -1.98. The molecule has 0 radical (unpaired) electrons. The Bertz CT molecular complexity index is 572. The monoisotopic (exact) mass is 261 g/mol. The van der Waals surface area contributed by atoms with Gasteiger partial charge in [0.1, 0.15) is 12.4 Å². The van der Waals surface area contributed by atoms with E-state index in [0.29, 0.717) is 11.7 Å². The molecule has 1 aromatic carbocycles. The van der Waals surface area contributed by atoms with E-state index in [1.165, 1.54) is 0 Å². The first-order valence-electron chi connectivity index (χ1n) is 5.94. The molecule has 5 nitrogen and oxygen atoms in total. The van der Waals surface area contributed by atoms with Crippen LogP contribution < -0.4 is 0 Å². The van der Waals surface area contributed by atoms with E-state index in [1.807, 2.05) is 31.2 Å². The molecular formula is C14H15NO4. The van der Waals surface area contributed by atoms with Crippen molar-refractivity contribution in [2.24, 2.45) is 0 Å². The zero-order valence-electron chi connectivity index (χ0n) is 10.8. The van der Waals surface area contributed by atoms with Crippen LogP contribution in [0.15, 0.2) is 28.7 Å². The van der Waals surface area contributed by atoms with Gasteiger partial charge < -0.3 is 14.3 Å². The molecule has 0 fully saturated rings. The van der Waals surface area contributed by atoms with Gasteiger partial charge in [-0.05, 0) is 26.0 Å². The molecule has 5 heteroatoms. The molecule has 0 unspecified atom stereocenters. The number of aliphatic hydroxyl groups is 1. The number of oxazole rings is 1. The van der Waals surface area contributed by atoms with Crippen molar-refractivity contribution in [3.63, 3.8) is 0 Å². The highest BCUT2D eigenvalue weighted by Crippen LogP contribution is 2.22. The van der Waals surface area contributed by atoms with E-state index in [9.17, 15) is 4.79 Å². The lowest BCUT2D eigenvalue weighted by molar-refractivity contribution is 0.0426. The topological polar surface area (TPSA) is 72.6 Å². The first-order valence-corrected chi connectivity index (χ1v) is 5.94. The number of hydrogen-bond acceptors (Lipinski definition) is 5. The summed E-state index contributed by atoms with van der Waals surface area (Å²) < 4.78 is 10.3. The van der Waals surface area contributed by atoms with Crippen molar-refractivity contribution in [1.29, 1.82) is 0 Å². The highest BCUT2D eigenvalue weighted by atomic mass is 16.5. The van der Waals surface area contributed by atoms with E-state index < -0.39 is 5.97 Å². The summed E-state index contributed by atoms with van der Waals surface area (Å²) in [6.45, 7) is 3.38.